The van der Waals surface area contributed by atoms with Gasteiger partial charge in [0.15, 0.2) is 6.61 Å². The molecule has 29 heavy (non-hydrogen) atoms. The number of methoxy groups -OCH3 is 1. The summed E-state index contributed by atoms with van der Waals surface area (Å²) in [4.78, 5) is 24.7. The highest BCUT2D eigenvalue weighted by Crippen LogP contribution is 2.28. The van der Waals surface area contributed by atoms with Gasteiger partial charge in [0.25, 0.3) is 5.91 Å². The van der Waals surface area contributed by atoms with Gasteiger partial charge in [0.1, 0.15) is 5.75 Å². The monoisotopic (exact) mass is 391 g/mol. The molecule has 5 nitrogen and oxygen atoms in total. The lowest BCUT2D eigenvalue weighted by atomic mass is 10.0. The topological polar surface area (TPSA) is 64.6 Å². The van der Waals surface area contributed by atoms with Crippen LogP contribution in [0.2, 0.25) is 0 Å². The van der Waals surface area contributed by atoms with Gasteiger partial charge in [0.2, 0.25) is 0 Å². The van der Waals surface area contributed by atoms with Gasteiger partial charge in [0.05, 0.1) is 12.7 Å². The largest absolute Gasteiger partial charge is 0.496 e. The smallest absolute Gasteiger partial charge is 0.339 e. The highest BCUT2D eigenvalue weighted by atomic mass is 16.5. The molecule has 3 aromatic rings. The molecule has 0 aliphatic rings. The first-order valence-electron chi connectivity index (χ1n) is 9.64. The van der Waals surface area contributed by atoms with Crippen molar-refractivity contribution in [2.45, 2.75) is 25.8 Å². The molecule has 3 aromatic carbocycles. The highest BCUT2D eigenvalue weighted by molar-refractivity contribution is 6.06. The van der Waals surface area contributed by atoms with Gasteiger partial charge in [-0.25, -0.2) is 4.79 Å². The van der Waals surface area contributed by atoms with Crippen molar-refractivity contribution in [2.24, 2.45) is 0 Å². The van der Waals surface area contributed by atoms with Crippen LogP contribution in [-0.2, 0) is 16.0 Å². The minimum Gasteiger partial charge on any atom is -0.496 e. The van der Waals surface area contributed by atoms with Gasteiger partial charge in [-0.05, 0) is 42.8 Å². The molecule has 0 saturated carbocycles. The molecule has 150 valence electrons. The summed E-state index contributed by atoms with van der Waals surface area (Å²) in [7, 11) is 1.59. The Labute approximate surface area is 170 Å². The highest BCUT2D eigenvalue weighted by Gasteiger charge is 2.16. The number of hydrogen-bond donors (Lipinski definition) is 1. The van der Waals surface area contributed by atoms with Crippen LogP contribution in [0, 0.1) is 0 Å². The Balaban J connectivity index is 1.54. The summed E-state index contributed by atoms with van der Waals surface area (Å²) in [6.45, 7) is 1.63. The fourth-order valence-corrected chi connectivity index (χ4v) is 3.25. The lowest BCUT2D eigenvalue weighted by Crippen LogP contribution is -2.36. The van der Waals surface area contributed by atoms with Crippen molar-refractivity contribution in [2.75, 3.05) is 13.7 Å². The summed E-state index contributed by atoms with van der Waals surface area (Å²) < 4.78 is 10.6. The van der Waals surface area contributed by atoms with Crippen LogP contribution in [0.15, 0.2) is 66.7 Å². The molecule has 1 atom stereocenters. The average molecular weight is 391 g/mol. The van der Waals surface area contributed by atoms with E-state index >= 15 is 0 Å². The molecule has 0 radical (unpaired) electrons. The van der Waals surface area contributed by atoms with Gasteiger partial charge in [-0.3, -0.25) is 4.79 Å². The number of rotatable bonds is 8. The van der Waals surface area contributed by atoms with Crippen LogP contribution in [0.5, 0.6) is 5.75 Å². The number of benzene rings is 3. The van der Waals surface area contributed by atoms with Gasteiger partial charge in [-0.2, -0.15) is 0 Å². The molecule has 0 fully saturated rings. The Morgan fingerprint density at radius 1 is 0.931 bits per heavy atom. The maximum Gasteiger partial charge on any atom is 0.339 e. The molecule has 1 N–H and O–H groups in total. The van der Waals surface area contributed by atoms with E-state index in [2.05, 4.69) is 17.4 Å². The third-order valence-electron chi connectivity index (χ3n) is 4.77. The maximum absolute atomic E-state index is 12.5. The van der Waals surface area contributed by atoms with Crippen molar-refractivity contribution in [3.05, 3.63) is 77.9 Å². The van der Waals surface area contributed by atoms with Gasteiger partial charge in [-0.1, -0.05) is 54.6 Å². The molecule has 0 aliphatic heterocycles. The first-order valence-corrected chi connectivity index (χ1v) is 9.64. The van der Waals surface area contributed by atoms with Gasteiger partial charge >= 0.3 is 5.97 Å². The van der Waals surface area contributed by atoms with Crippen LogP contribution in [0.3, 0.4) is 0 Å². The van der Waals surface area contributed by atoms with Crippen LogP contribution in [0.25, 0.3) is 10.8 Å². The van der Waals surface area contributed by atoms with E-state index in [0.29, 0.717) is 11.3 Å². The number of amides is 1. The minimum atomic E-state index is -0.532. The van der Waals surface area contributed by atoms with Crippen molar-refractivity contribution in [3.8, 4) is 5.75 Å². The standard InChI is InChI=1S/C24H25NO4/c1-17(12-13-18-8-4-3-5-9-18)25-23(26)16-29-24(27)21-14-15-22(28-2)20-11-7-6-10-19(20)21/h3-11,14-15,17H,12-13,16H2,1-2H3,(H,25,26)/t17-/m1/s1. The minimum absolute atomic E-state index is 0.0109. The van der Waals surface area contributed by atoms with Crippen molar-refractivity contribution in [1.82, 2.24) is 5.32 Å². The van der Waals surface area contributed by atoms with Crippen molar-refractivity contribution < 1.29 is 19.1 Å². The molecule has 0 aromatic heterocycles. The van der Waals surface area contributed by atoms with Crippen molar-refractivity contribution >= 4 is 22.6 Å². The number of ether oxygens (including phenoxy) is 2. The van der Waals surface area contributed by atoms with E-state index in [0.717, 1.165) is 23.6 Å². The molecular formula is C24H25NO4. The predicted molar refractivity (Wildman–Crippen MR) is 113 cm³/mol. The number of carbonyl (C=O) groups is 2. The van der Waals surface area contributed by atoms with Crippen LogP contribution >= 0.6 is 0 Å². The second kappa shape index (κ2) is 9.73. The fraction of sp³-hybridized carbons (Fsp3) is 0.250. The van der Waals surface area contributed by atoms with E-state index in [1.807, 2.05) is 49.4 Å². The average Bonchev–Trinajstić information content (AvgIpc) is 2.76. The number of esters is 1. The van der Waals surface area contributed by atoms with Gasteiger partial charge < -0.3 is 14.8 Å². The third-order valence-corrected chi connectivity index (χ3v) is 4.77. The van der Waals surface area contributed by atoms with Gasteiger partial charge in [-0.15, -0.1) is 0 Å². The van der Waals surface area contributed by atoms with Crippen LogP contribution < -0.4 is 10.1 Å². The first-order chi connectivity index (χ1) is 14.1. The number of nitrogens with one attached hydrogen (secondary N) is 1. The van der Waals surface area contributed by atoms with Crippen LogP contribution in [-0.4, -0.2) is 31.6 Å². The lowest BCUT2D eigenvalue weighted by molar-refractivity contribution is -0.124. The molecule has 0 bridgehead atoms. The Morgan fingerprint density at radius 2 is 1.62 bits per heavy atom. The zero-order valence-corrected chi connectivity index (χ0v) is 16.7. The van der Waals surface area contributed by atoms with E-state index in [4.69, 9.17) is 9.47 Å². The Morgan fingerprint density at radius 3 is 2.34 bits per heavy atom. The molecule has 0 saturated heterocycles. The molecule has 0 heterocycles. The fourth-order valence-electron chi connectivity index (χ4n) is 3.25. The molecule has 0 spiro atoms. The second-order valence-corrected chi connectivity index (χ2v) is 6.93. The lowest BCUT2D eigenvalue weighted by Gasteiger charge is -2.14. The van der Waals surface area contributed by atoms with Crippen LogP contribution in [0.1, 0.15) is 29.3 Å². The number of hydrogen-bond acceptors (Lipinski definition) is 4. The molecule has 0 aliphatic carbocycles. The normalized spacial score (nSPS) is 11.7. The first kappa shape index (κ1) is 20.4. The van der Waals surface area contributed by atoms with Gasteiger partial charge in [0, 0.05) is 11.4 Å². The van der Waals surface area contributed by atoms with E-state index in [-0.39, 0.29) is 18.6 Å². The van der Waals surface area contributed by atoms with E-state index in [9.17, 15) is 9.59 Å². The Kier molecular flexibility index (Phi) is 6.85. The van der Waals surface area contributed by atoms with E-state index in [1.54, 1.807) is 19.2 Å². The summed E-state index contributed by atoms with van der Waals surface area (Å²) >= 11 is 0. The zero-order chi connectivity index (χ0) is 20.6. The van der Waals surface area contributed by atoms with Crippen LogP contribution in [0.4, 0.5) is 0 Å². The molecule has 1 amide bonds. The molecule has 5 heteroatoms. The summed E-state index contributed by atoms with van der Waals surface area (Å²) in [5, 5.41) is 4.43. The second-order valence-electron chi connectivity index (χ2n) is 6.93. The van der Waals surface area contributed by atoms with E-state index in [1.165, 1.54) is 5.56 Å². The SMILES string of the molecule is COc1ccc(C(=O)OCC(=O)N[C@H](C)CCc2ccccc2)c2ccccc12. The summed E-state index contributed by atoms with van der Waals surface area (Å²) in [5.74, 6) is -0.158. The molecular weight excluding hydrogens is 366 g/mol. The number of carbonyl (C=O) groups excluding carboxylic acids is 2. The maximum atomic E-state index is 12.5. The summed E-state index contributed by atoms with van der Waals surface area (Å²) in [6.07, 6.45) is 1.69. The zero-order valence-electron chi connectivity index (χ0n) is 16.7. The quantitative estimate of drug-likeness (QED) is 0.586. The number of aryl methyl sites for hydroxylation is 1. The Bertz CT molecular complexity index is 985. The molecule has 0 unspecified atom stereocenters. The summed E-state index contributed by atoms with van der Waals surface area (Å²) in [6, 6.07) is 20.9. The van der Waals surface area contributed by atoms with Crippen molar-refractivity contribution in [3.63, 3.8) is 0 Å². The van der Waals surface area contributed by atoms with E-state index < -0.39 is 5.97 Å². The third kappa shape index (κ3) is 5.35. The predicted octanol–water partition coefficient (Wildman–Crippen LogP) is 4.14. The number of fused-ring (bicyclic) bond motifs is 1. The summed E-state index contributed by atoms with van der Waals surface area (Å²) in [5.41, 5.74) is 1.64. The molecule has 3 rings (SSSR count). The van der Waals surface area contributed by atoms with Crippen molar-refractivity contribution in [1.29, 1.82) is 0 Å². The Hall–Kier alpha value is -3.34.